The zero-order chi connectivity index (χ0) is 54.7. The van der Waals surface area contributed by atoms with E-state index in [2.05, 4.69) is 27.7 Å². The molecule has 33 unspecified atom stereocenters. The number of fused-ring (bicyclic) bond motifs is 7. The predicted octanol–water partition coefficient (Wildman–Crippen LogP) is -4.82. The third-order valence-electron chi connectivity index (χ3n) is 20.6. The van der Waals surface area contributed by atoms with Crippen molar-refractivity contribution in [2.75, 3.05) is 33.0 Å². The van der Waals surface area contributed by atoms with Gasteiger partial charge < -0.3 is 124 Å². The van der Waals surface area contributed by atoms with Gasteiger partial charge in [0.25, 0.3) is 0 Å². The van der Waals surface area contributed by atoms with E-state index in [1.165, 1.54) is 0 Å². The van der Waals surface area contributed by atoms with E-state index in [0.29, 0.717) is 31.8 Å². The second-order valence-corrected chi connectivity index (χ2v) is 24.6. The summed E-state index contributed by atoms with van der Waals surface area (Å²) in [6.45, 7) is 5.95. The van der Waals surface area contributed by atoms with E-state index in [4.69, 9.17) is 47.4 Å². The van der Waals surface area contributed by atoms with Crippen LogP contribution in [-0.4, -0.2) is 262 Å². The van der Waals surface area contributed by atoms with E-state index in [1.54, 1.807) is 0 Å². The van der Waals surface area contributed by atoms with E-state index in [1.807, 2.05) is 0 Å². The molecule has 33 atom stereocenters. The standard InChI is InChI=1S/C51H84O25/c1-19-7-10-51(67-18-19)20(2)31-26(76-51)13-50(66)23-6-5-21-11-25(24(56)12-48(21,3)22(23)8-9-49(31,50)4)68-44-40(65)37(62)41(30(17-55)72-44)73-47-43(75-46-39(64)36(61)33(58)28(15-53)70-46)42(34(59)29(16-54)71-47)74-45-38(63)35(60)32(57)27(14-52)69-45/h19-47,52-66H,5-18H2,1-4H3. The SMILES string of the molecule is CC1CCC2(OC1)OC1CC3(O)C4CCC5CC(OC6OC(CO)C(OC7OC(CO)C(O)C(OC8OC(CO)C(O)C(O)C8O)C7OC7OC(CO)C(O)C(O)C7O)C(O)C6O)C(O)CC5(C)C4CCC3(C)C1C2C. The molecule has 25 nitrogen and oxygen atoms in total. The highest BCUT2D eigenvalue weighted by Gasteiger charge is 2.75. The molecule has 4 aliphatic carbocycles. The fourth-order valence-electron chi connectivity index (χ4n) is 16.2. The van der Waals surface area contributed by atoms with Crippen molar-refractivity contribution in [3.05, 3.63) is 0 Å². The molecule has 0 aromatic rings. The average molecular weight is 1100 g/mol. The van der Waals surface area contributed by atoms with Crippen molar-refractivity contribution in [3.63, 3.8) is 0 Å². The lowest BCUT2D eigenvalue weighted by atomic mass is 9.42. The first-order chi connectivity index (χ1) is 36.0. The second kappa shape index (κ2) is 22.0. The van der Waals surface area contributed by atoms with Crippen molar-refractivity contribution >= 4 is 0 Å². The van der Waals surface area contributed by atoms with Gasteiger partial charge in [-0.2, -0.15) is 0 Å². The van der Waals surface area contributed by atoms with Crippen LogP contribution in [0.3, 0.4) is 0 Å². The molecule has 10 fully saturated rings. The summed E-state index contributed by atoms with van der Waals surface area (Å²) in [5.41, 5.74) is -1.75. The Balaban J connectivity index is 0.838. The highest BCUT2D eigenvalue weighted by molar-refractivity contribution is 5.22. The van der Waals surface area contributed by atoms with Crippen LogP contribution in [-0.2, 0) is 47.4 Å². The van der Waals surface area contributed by atoms with Crippen molar-refractivity contribution in [3.8, 4) is 0 Å². The number of ether oxygens (including phenoxy) is 10. The van der Waals surface area contributed by atoms with Gasteiger partial charge in [0, 0.05) is 30.1 Å². The molecule has 0 aromatic heterocycles. The van der Waals surface area contributed by atoms with Gasteiger partial charge in [-0.15, -0.1) is 0 Å². The highest BCUT2D eigenvalue weighted by atomic mass is 16.8. The van der Waals surface area contributed by atoms with E-state index in [-0.39, 0.29) is 46.5 Å². The zero-order valence-corrected chi connectivity index (χ0v) is 43.4. The third kappa shape index (κ3) is 9.46. The van der Waals surface area contributed by atoms with Crippen LogP contribution < -0.4 is 0 Å². The molecule has 0 radical (unpaired) electrons. The Morgan fingerprint density at radius 3 is 1.64 bits per heavy atom. The van der Waals surface area contributed by atoms with Crippen molar-refractivity contribution in [2.24, 2.45) is 46.3 Å². The molecule has 10 aliphatic rings. The van der Waals surface area contributed by atoms with Gasteiger partial charge in [-0.05, 0) is 74.0 Å². The Hall–Kier alpha value is -1.00. The van der Waals surface area contributed by atoms with E-state index < -0.39 is 173 Å². The maximum atomic E-state index is 13.1. The molecule has 76 heavy (non-hydrogen) atoms. The molecule has 6 saturated heterocycles. The number of aliphatic hydroxyl groups is 15. The molecule has 4 saturated carbocycles. The van der Waals surface area contributed by atoms with Crippen LogP contribution in [0.4, 0.5) is 0 Å². The lowest BCUT2D eigenvalue weighted by Gasteiger charge is -2.64. The molecule has 0 bridgehead atoms. The van der Waals surface area contributed by atoms with Gasteiger partial charge >= 0.3 is 0 Å². The van der Waals surface area contributed by atoms with E-state index >= 15 is 0 Å². The largest absolute Gasteiger partial charge is 0.394 e. The smallest absolute Gasteiger partial charge is 0.187 e. The van der Waals surface area contributed by atoms with Crippen LogP contribution in [0.25, 0.3) is 0 Å². The molecule has 0 amide bonds. The monoisotopic (exact) mass is 1100 g/mol. The van der Waals surface area contributed by atoms with Gasteiger partial charge in [0.05, 0.1) is 56.9 Å². The van der Waals surface area contributed by atoms with Crippen LogP contribution >= 0.6 is 0 Å². The van der Waals surface area contributed by atoms with Gasteiger partial charge in [0.15, 0.2) is 30.9 Å². The molecule has 6 heterocycles. The van der Waals surface area contributed by atoms with E-state index in [9.17, 15) is 76.6 Å². The lowest BCUT2D eigenvalue weighted by molar-refractivity contribution is -0.407. The quantitative estimate of drug-likeness (QED) is 0.0815. The van der Waals surface area contributed by atoms with Crippen molar-refractivity contribution in [1.29, 1.82) is 0 Å². The summed E-state index contributed by atoms with van der Waals surface area (Å²) in [6.07, 6.45) is -32.9. The molecule has 15 N–H and O–H groups in total. The third-order valence-corrected chi connectivity index (χ3v) is 20.6. The Morgan fingerprint density at radius 1 is 0.513 bits per heavy atom. The van der Waals surface area contributed by atoms with Crippen molar-refractivity contribution < 1.29 is 124 Å². The summed E-state index contributed by atoms with van der Waals surface area (Å²) in [7, 11) is 0. The fourth-order valence-corrected chi connectivity index (χ4v) is 16.2. The number of hydrogen-bond donors (Lipinski definition) is 15. The summed E-state index contributed by atoms with van der Waals surface area (Å²) >= 11 is 0. The van der Waals surface area contributed by atoms with Gasteiger partial charge in [-0.1, -0.05) is 27.7 Å². The second-order valence-electron chi connectivity index (χ2n) is 24.6. The first-order valence-electron chi connectivity index (χ1n) is 27.5. The first-order valence-corrected chi connectivity index (χ1v) is 27.5. The molecule has 1 spiro atoms. The molecule has 6 aliphatic heterocycles. The molecule has 0 aromatic carbocycles. The fraction of sp³-hybridized carbons (Fsp3) is 1.00. The Bertz CT molecular complexity index is 1960. The van der Waals surface area contributed by atoms with Crippen LogP contribution in [0, 0.1) is 46.3 Å². The molecular formula is C51H84O25. The van der Waals surface area contributed by atoms with Gasteiger partial charge in [0.2, 0.25) is 0 Å². The van der Waals surface area contributed by atoms with E-state index in [0.717, 1.165) is 38.5 Å². The van der Waals surface area contributed by atoms with Crippen molar-refractivity contribution in [2.45, 2.75) is 238 Å². The molecular weight excluding hydrogens is 1010 g/mol. The Labute approximate surface area is 440 Å². The summed E-state index contributed by atoms with van der Waals surface area (Å²) in [5.74, 6) is 0.219. The van der Waals surface area contributed by atoms with Crippen molar-refractivity contribution in [1.82, 2.24) is 0 Å². The van der Waals surface area contributed by atoms with Crippen LogP contribution in [0.1, 0.15) is 85.5 Å². The number of hydrogen-bond acceptors (Lipinski definition) is 25. The van der Waals surface area contributed by atoms with Crippen LogP contribution in [0.2, 0.25) is 0 Å². The molecule has 438 valence electrons. The Kier molecular flexibility index (Phi) is 16.8. The lowest BCUT2D eigenvalue weighted by Crippen LogP contribution is -2.69. The summed E-state index contributed by atoms with van der Waals surface area (Å²) in [4.78, 5) is 0. The summed E-state index contributed by atoms with van der Waals surface area (Å²) in [5, 5.41) is 165. The number of aliphatic hydroxyl groups excluding tert-OH is 14. The summed E-state index contributed by atoms with van der Waals surface area (Å²) < 4.78 is 61.0. The maximum absolute atomic E-state index is 13.1. The minimum Gasteiger partial charge on any atom is -0.394 e. The normalized spacial score (nSPS) is 58.4. The minimum absolute atomic E-state index is 0.0245. The Morgan fingerprint density at radius 2 is 1.05 bits per heavy atom. The van der Waals surface area contributed by atoms with Gasteiger partial charge in [-0.25, -0.2) is 0 Å². The maximum Gasteiger partial charge on any atom is 0.187 e. The van der Waals surface area contributed by atoms with Gasteiger partial charge in [-0.3, -0.25) is 0 Å². The minimum atomic E-state index is -2.07. The first kappa shape index (κ1) is 58.2. The molecule has 25 heteroatoms. The topological polar surface area (TPSA) is 396 Å². The predicted molar refractivity (Wildman–Crippen MR) is 251 cm³/mol. The van der Waals surface area contributed by atoms with Gasteiger partial charge in [0.1, 0.15) is 97.7 Å². The summed E-state index contributed by atoms with van der Waals surface area (Å²) in [6, 6.07) is 0. The highest BCUT2D eigenvalue weighted by Crippen LogP contribution is 2.73. The van der Waals surface area contributed by atoms with Crippen LogP contribution in [0.15, 0.2) is 0 Å². The average Bonchev–Trinajstić information content (AvgIpc) is 3.98. The zero-order valence-electron chi connectivity index (χ0n) is 43.4. The number of rotatable bonds is 12. The molecule has 10 rings (SSSR count). The van der Waals surface area contributed by atoms with Crippen LogP contribution in [0.5, 0.6) is 0 Å².